The van der Waals surface area contributed by atoms with E-state index in [0.717, 1.165) is 12.8 Å². The number of carbonyl (C=O) groups is 2. The summed E-state index contributed by atoms with van der Waals surface area (Å²) in [4.78, 5) is 38.8. The molecule has 28 heavy (non-hydrogen) atoms. The summed E-state index contributed by atoms with van der Waals surface area (Å²) >= 11 is 12.5. The largest absolute Gasteiger partial charge is 0.434 e. The number of carbonyl (C=O) groups excluding carboxylic acids is 2. The molecule has 144 valence electrons. The fourth-order valence-corrected chi connectivity index (χ4v) is 3.23. The van der Waals surface area contributed by atoms with Gasteiger partial charge in [0.05, 0.1) is 10.0 Å². The van der Waals surface area contributed by atoms with Crippen LogP contribution in [0.5, 0.6) is 11.6 Å². The van der Waals surface area contributed by atoms with Gasteiger partial charge in [-0.15, -0.1) is 5.10 Å². The van der Waals surface area contributed by atoms with Crippen LogP contribution < -0.4 is 20.9 Å². The van der Waals surface area contributed by atoms with Crippen LogP contribution in [0.3, 0.4) is 0 Å². The lowest BCUT2D eigenvalue weighted by molar-refractivity contribution is -0.118. The monoisotopic (exact) mass is 421 g/mol. The lowest BCUT2D eigenvalue weighted by atomic mass is 10.2. The summed E-state index contributed by atoms with van der Waals surface area (Å²) in [5.74, 6) is -0.523. The highest BCUT2D eigenvalue weighted by Crippen LogP contribution is 2.41. The lowest BCUT2D eigenvalue weighted by Gasteiger charge is -2.12. The molecular weight excluding hydrogens is 409 g/mol. The van der Waals surface area contributed by atoms with Crippen molar-refractivity contribution in [1.29, 1.82) is 0 Å². The van der Waals surface area contributed by atoms with Crippen LogP contribution in [0.2, 0.25) is 10.0 Å². The van der Waals surface area contributed by atoms with E-state index in [1.807, 2.05) is 0 Å². The van der Waals surface area contributed by atoms with Gasteiger partial charge in [0.15, 0.2) is 11.6 Å². The summed E-state index contributed by atoms with van der Waals surface area (Å²) in [5, 5.41) is 11.4. The van der Waals surface area contributed by atoms with Crippen molar-refractivity contribution >= 4 is 46.5 Å². The van der Waals surface area contributed by atoms with Gasteiger partial charge in [0.25, 0.3) is 11.5 Å². The van der Waals surface area contributed by atoms with Gasteiger partial charge in [-0.1, -0.05) is 23.2 Å². The maximum absolute atomic E-state index is 12.1. The average Bonchev–Trinajstić information content (AvgIpc) is 3.39. The number of amides is 2. The number of amidine groups is 1. The van der Waals surface area contributed by atoms with Gasteiger partial charge in [-0.3, -0.25) is 19.4 Å². The first kappa shape index (κ1) is 18.5. The molecule has 0 radical (unpaired) electrons. The minimum Gasteiger partial charge on any atom is -0.434 e. The van der Waals surface area contributed by atoms with Crippen LogP contribution in [0.15, 0.2) is 28.0 Å². The Hall–Kier alpha value is -2.91. The van der Waals surface area contributed by atoms with Gasteiger partial charge in [0.2, 0.25) is 11.8 Å². The SMILES string of the molecule is O=C1CN=C(C(=O)Nc2cc(Cl)c(Oc3cc(C4CC4)c(=O)[nH]n3)c(Cl)c2)N1. The van der Waals surface area contributed by atoms with Crippen molar-refractivity contribution in [3.05, 3.63) is 44.2 Å². The van der Waals surface area contributed by atoms with Gasteiger partial charge in [-0.25, -0.2) is 5.10 Å². The number of ether oxygens (including phenoxy) is 1. The highest BCUT2D eigenvalue weighted by Gasteiger charge is 2.27. The molecule has 1 fully saturated rings. The Morgan fingerprint density at radius 1 is 1.18 bits per heavy atom. The van der Waals surface area contributed by atoms with Gasteiger partial charge in [-0.2, -0.15) is 0 Å². The van der Waals surface area contributed by atoms with E-state index in [-0.39, 0.29) is 51.4 Å². The number of aromatic nitrogens is 2. The van der Waals surface area contributed by atoms with Crippen LogP contribution in [0, 0.1) is 0 Å². The summed E-state index contributed by atoms with van der Waals surface area (Å²) in [6, 6.07) is 4.44. The lowest BCUT2D eigenvalue weighted by Crippen LogP contribution is -2.34. The van der Waals surface area contributed by atoms with Crippen LogP contribution in [0.1, 0.15) is 24.3 Å². The first-order chi connectivity index (χ1) is 13.4. The summed E-state index contributed by atoms with van der Waals surface area (Å²) in [7, 11) is 0. The Morgan fingerprint density at radius 3 is 2.50 bits per heavy atom. The minimum absolute atomic E-state index is 0.0809. The molecule has 0 spiro atoms. The van der Waals surface area contributed by atoms with Crippen molar-refractivity contribution in [1.82, 2.24) is 15.5 Å². The number of benzene rings is 1. The quantitative estimate of drug-likeness (QED) is 0.681. The van der Waals surface area contributed by atoms with Crippen LogP contribution in [0.4, 0.5) is 5.69 Å². The predicted molar refractivity (Wildman–Crippen MR) is 102 cm³/mol. The second kappa shape index (κ2) is 7.25. The summed E-state index contributed by atoms with van der Waals surface area (Å²) < 4.78 is 5.65. The van der Waals surface area contributed by atoms with Gasteiger partial charge < -0.3 is 15.4 Å². The number of aromatic amines is 1. The number of anilines is 1. The standard InChI is InChI=1S/C17H13Cl2N5O4/c18-10-3-8(21-17(27)15-20-6-12(25)22-15)4-11(19)14(10)28-13-5-9(7-1-2-7)16(26)24-23-13/h3-5,7H,1-2,6H2,(H,21,27)(H,24,26)(H,20,22,25). The molecule has 0 bridgehead atoms. The third-order valence-corrected chi connectivity index (χ3v) is 4.70. The summed E-state index contributed by atoms with van der Waals surface area (Å²) in [5.41, 5.74) is 0.664. The molecule has 0 saturated heterocycles. The number of H-pyrrole nitrogens is 1. The van der Waals surface area contributed by atoms with Gasteiger partial charge in [0, 0.05) is 17.3 Å². The number of aliphatic imine (C=N–C) groups is 1. The molecule has 2 aliphatic rings. The maximum Gasteiger partial charge on any atom is 0.291 e. The maximum atomic E-state index is 12.1. The smallest absolute Gasteiger partial charge is 0.291 e. The molecule has 0 atom stereocenters. The molecule has 11 heteroatoms. The molecule has 2 heterocycles. The molecule has 3 N–H and O–H groups in total. The Labute approximate surface area is 168 Å². The van der Waals surface area contributed by atoms with Crippen molar-refractivity contribution < 1.29 is 14.3 Å². The first-order valence-corrected chi connectivity index (χ1v) is 9.08. The molecule has 0 unspecified atom stereocenters. The fourth-order valence-electron chi connectivity index (χ4n) is 2.67. The second-order valence-corrected chi connectivity index (χ2v) is 7.12. The molecule has 1 aliphatic carbocycles. The van der Waals surface area contributed by atoms with Crippen LogP contribution >= 0.6 is 23.2 Å². The third kappa shape index (κ3) is 3.85. The number of rotatable bonds is 5. The number of hydrogen-bond acceptors (Lipinski definition) is 6. The Kier molecular flexibility index (Phi) is 4.78. The van der Waals surface area contributed by atoms with Crippen molar-refractivity contribution in [2.24, 2.45) is 4.99 Å². The Bertz CT molecular complexity index is 1050. The van der Waals surface area contributed by atoms with Gasteiger partial charge in [0.1, 0.15) is 6.54 Å². The van der Waals surface area contributed by atoms with Crippen LogP contribution in [-0.2, 0) is 9.59 Å². The normalized spacial score (nSPS) is 15.8. The van der Waals surface area contributed by atoms with Crippen LogP contribution in [-0.4, -0.2) is 34.4 Å². The number of nitrogens with zero attached hydrogens (tertiary/aromatic N) is 2. The van der Waals surface area contributed by atoms with Gasteiger partial charge in [-0.05, 0) is 30.9 Å². The van der Waals surface area contributed by atoms with Gasteiger partial charge >= 0.3 is 0 Å². The van der Waals surface area contributed by atoms with Crippen molar-refractivity contribution in [3.8, 4) is 11.6 Å². The fraction of sp³-hybridized carbons (Fsp3) is 0.235. The van der Waals surface area contributed by atoms with E-state index in [2.05, 4.69) is 25.8 Å². The predicted octanol–water partition coefficient (Wildman–Crippen LogP) is 2.21. The third-order valence-electron chi connectivity index (χ3n) is 4.14. The molecule has 2 aromatic rings. The molecule has 1 aromatic heterocycles. The molecule has 4 rings (SSSR count). The number of nitrogens with one attached hydrogen (secondary N) is 3. The zero-order valence-corrected chi connectivity index (χ0v) is 15.7. The van der Waals surface area contributed by atoms with Crippen molar-refractivity contribution in [2.75, 3.05) is 11.9 Å². The zero-order chi connectivity index (χ0) is 19.8. The average molecular weight is 422 g/mol. The molecule has 1 saturated carbocycles. The van der Waals surface area contributed by atoms with E-state index in [9.17, 15) is 14.4 Å². The second-order valence-electron chi connectivity index (χ2n) is 6.30. The van der Waals surface area contributed by atoms with Crippen molar-refractivity contribution in [3.63, 3.8) is 0 Å². The summed E-state index contributed by atoms with van der Waals surface area (Å²) in [6.45, 7) is -0.0912. The minimum atomic E-state index is -0.594. The molecule has 1 aliphatic heterocycles. The highest BCUT2D eigenvalue weighted by molar-refractivity contribution is 6.46. The van der Waals surface area contributed by atoms with E-state index >= 15 is 0 Å². The van der Waals surface area contributed by atoms with E-state index in [1.165, 1.54) is 12.1 Å². The molecule has 1 aromatic carbocycles. The first-order valence-electron chi connectivity index (χ1n) is 8.33. The molecule has 9 nitrogen and oxygen atoms in total. The van der Waals surface area contributed by atoms with E-state index < -0.39 is 5.91 Å². The van der Waals surface area contributed by atoms with Crippen LogP contribution in [0.25, 0.3) is 0 Å². The molecule has 2 amide bonds. The molecular formula is C17H13Cl2N5O4. The summed E-state index contributed by atoms with van der Waals surface area (Å²) in [6.07, 6.45) is 1.91. The Morgan fingerprint density at radius 2 is 1.89 bits per heavy atom. The van der Waals surface area contributed by atoms with Crippen molar-refractivity contribution in [2.45, 2.75) is 18.8 Å². The highest BCUT2D eigenvalue weighted by atomic mass is 35.5. The number of halogens is 2. The topological polar surface area (TPSA) is 126 Å². The van der Waals surface area contributed by atoms with E-state index in [0.29, 0.717) is 11.3 Å². The zero-order valence-electron chi connectivity index (χ0n) is 14.2. The van der Waals surface area contributed by atoms with E-state index in [1.54, 1.807) is 6.07 Å². The number of hydrogen-bond donors (Lipinski definition) is 3. The Balaban J connectivity index is 1.53. The van der Waals surface area contributed by atoms with E-state index in [4.69, 9.17) is 27.9 Å².